The first-order chi connectivity index (χ1) is 9.71. The van der Waals surface area contributed by atoms with Crippen LogP contribution in [0.15, 0.2) is 24.3 Å². The fourth-order valence-electron chi connectivity index (χ4n) is 3.43. The second-order valence-corrected chi connectivity index (χ2v) is 6.15. The quantitative estimate of drug-likeness (QED) is 0.775. The maximum absolute atomic E-state index is 9.66. The third-order valence-corrected chi connectivity index (χ3v) is 4.67. The Hall–Kier alpha value is -1.49. The summed E-state index contributed by atoms with van der Waals surface area (Å²) in [6.07, 6.45) is 7.97. The van der Waals surface area contributed by atoms with E-state index in [1.165, 1.54) is 31.2 Å². The summed E-state index contributed by atoms with van der Waals surface area (Å²) in [5.74, 6) is 1.72. The maximum Gasteiger partial charge on any atom is 0.119 e. The Bertz CT molecular complexity index is 467. The molecule has 108 valence electrons. The highest BCUT2D eigenvalue weighted by Gasteiger charge is 2.35. The summed E-state index contributed by atoms with van der Waals surface area (Å²) in [6, 6.07) is 10.8. The average molecular weight is 271 g/mol. The third kappa shape index (κ3) is 3.54. The van der Waals surface area contributed by atoms with E-state index in [1.54, 1.807) is 7.11 Å². The zero-order chi connectivity index (χ0) is 14.4. The molecule has 1 saturated carbocycles. The van der Waals surface area contributed by atoms with Crippen LogP contribution in [0.3, 0.4) is 0 Å². The summed E-state index contributed by atoms with van der Waals surface area (Å²) in [5.41, 5.74) is 1.07. The van der Waals surface area contributed by atoms with Crippen molar-refractivity contribution in [2.75, 3.05) is 7.11 Å². The molecule has 1 aliphatic rings. The van der Waals surface area contributed by atoms with Crippen LogP contribution < -0.4 is 4.74 Å². The van der Waals surface area contributed by atoms with Crippen molar-refractivity contribution in [3.63, 3.8) is 0 Å². The van der Waals surface area contributed by atoms with Gasteiger partial charge in [-0.2, -0.15) is 5.26 Å². The molecule has 1 aromatic rings. The number of benzene rings is 1. The molecule has 0 amide bonds. The van der Waals surface area contributed by atoms with Gasteiger partial charge in [-0.1, -0.05) is 31.9 Å². The van der Waals surface area contributed by atoms with Gasteiger partial charge >= 0.3 is 0 Å². The lowest BCUT2D eigenvalue weighted by atomic mass is 9.67. The lowest BCUT2D eigenvalue weighted by molar-refractivity contribution is 0.200. The van der Waals surface area contributed by atoms with E-state index in [0.717, 1.165) is 30.9 Å². The first-order valence-corrected chi connectivity index (χ1v) is 7.75. The fraction of sp³-hybridized carbons (Fsp3) is 0.611. The first-order valence-electron chi connectivity index (χ1n) is 7.75. The summed E-state index contributed by atoms with van der Waals surface area (Å²) < 4.78 is 5.28. The van der Waals surface area contributed by atoms with Crippen LogP contribution in [0.4, 0.5) is 0 Å². The van der Waals surface area contributed by atoms with Gasteiger partial charge in [-0.3, -0.25) is 0 Å². The molecule has 2 heteroatoms. The van der Waals surface area contributed by atoms with Gasteiger partial charge in [0.1, 0.15) is 5.75 Å². The summed E-state index contributed by atoms with van der Waals surface area (Å²) in [7, 11) is 1.69. The maximum atomic E-state index is 9.66. The summed E-state index contributed by atoms with van der Waals surface area (Å²) in [4.78, 5) is 0. The number of nitrogens with zero attached hydrogens (tertiary/aromatic N) is 1. The molecule has 0 bridgehead atoms. The molecule has 0 aliphatic heterocycles. The van der Waals surface area contributed by atoms with Crippen molar-refractivity contribution in [3.8, 4) is 11.8 Å². The highest BCUT2D eigenvalue weighted by atomic mass is 16.5. The number of nitriles is 1. The summed E-state index contributed by atoms with van der Waals surface area (Å²) >= 11 is 0. The van der Waals surface area contributed by atoms with E-state index in [2.05, 4.69) is 25.1 Å². The molecule has 0 radical (unpaired) electrons. The predicted molar refractivity (Wildman–Crippen MR) is 81.6 cm³/mol. The molecular weight excluding hydrogens is 246 g/mol. The Balaban J connectivity index is 2.04. The van der Waals surface area contributed by atoms with Gasteiger partial charge in [0.25, 0.3) is 0 Å². The van der Waals surface area contributed by atoms with E-state index in [9.17, 15) is 5.26 Å². The van der Waals surface area contributed by atoms with E-state index in [-0.39, 0.29) is 5.41 Å². The standard InChI is InChI=1S/C18H25NO/c1-3-5-15-8-10-18(14-19,11-9-15)13-16-6-4-7-17(12-16)20-2/h4,6-7,12,15H,3,5,8-11,13H2,1-2H3. The van der Waals surface area contributed by atoms with Crippen LogP contribution in [0.1, 0.15) is 51.0 Å². The van der Waals surface area contributed by atoms with Crippen molar-refractivity contribution in [1.82, 2.24) is 0 Å². The topological polar surface area (TPSA) is 33.0 Å². The monoisotopic (exact) mass is 271 g/mol. The van der Waals surface area contributed by atoms with Crippen molar-refractivity contribution in [2.24, 2.45) is 11.3 Å². The fourth-order valence-corrected chi connectivity index (χ4v) is 3.43. The van der Waals surface area contributed by atoms with Crippen molar-refractivity contribution in [3.05, 3.63) is 29.8 Å². The lowest BCUT2D eigenvalue weighted by Crippen LogP contribution is -2.28. The normalized spacial score (nSPS) is 25.9. The van der Waals surface area contributed by atoms with Crippen LogP contribution in [0.25, 0.3) is 0 Å². The minimum absolute atomic E-state index is 0.156. The van der Waals surface area contributed by atoms with Gasteiger partial charge in [-0.05, 0) is 55.7 Å². The molecular formula is C18H25NO. The first kappa shape index (κ1) is 14.9. The van der Waals surface area contributed by atoms with E-state index < -0.39 is 0 Å². The van der Waals surface area contributed by atoms with Crippen LogP contribution in [-0.4, -0.2) is 7.11 Å². The van der Waals surface area contributed by atoms with E-state index >= 15 is 0 Å². The zero-order valence-electron chi connectivity index (χ0n) is 12.7. The van der Waals surface area contributed by atoms with Crippen LogP contribution in [0.5, 0.6) is 5.75 Å². The highest BCUT2D eigenvalue weighted by molar-refractivity contribution is 5.30. The van der Waals surface area contributed by atoms with Crippen LogP contribution in [0, 0.1) is 22.7 Å². The van der Waals surface area contributed by atoms with E-state index in [0.29, 0.717) is 0 Å². The number of hydrogen-bond donors (Lipinski definition) is 0. The Morgan fingerprint density at radius 1 is 1.35 bits per heavy atom. The van der Waals surface area contributed by atoms with Gasteiger partial charge in [-0.15, -0.1) is 0 Å². The number of hydrogen-bond acceptors (Lipinski definition) is 2. The van der Waals surface area contributed by atoms with Crippen molar-refractivity contribution < 1.29 is 4.74 Å². The molecule has 1 aromatic carbocycles. The molecule has 0 spiro atoms. The van der Waals surface area contributed by atoms with Crippen molar-refractivity contribution in [2.45, 2.75) is 51.9 Å². The number of rotatable bonds is 5. The Morgan fingerprint density at radius 3 is 2.70 bits per heavy atom. The molecule has 0 atom stereocenters. The minimum atomic E-state index is -0.156. The second-order valence-electron chi connectivity index (χ2n) is 6.15. The number of methoxy groups -OCH3 is 1. The Kier molecular flexibility index (Phi) is 5.06. The molecule has 1 fully saturated rings. The van der Waals surface area contributed by atoms with Gasteiger partial charge in [0.05, 0.1) is 18.6 Å². The molecule has 2 nitrogen and oxygen atoms in total. The third-order valence-electron chi connectivity index (χ3n) is 4.67. The van der Waals surface area contributed by atoms with Crippen LogP contribution in [0.2, 0.25) is 0 Å². The second kappa shape index (κ2) is 6.79. The molecule has 2 rings (SSSR count). The molecule has 1 aliphatic carbocycles. The summed E-state index contributed by atoms with van der Waals surface area (Å²) in [6.45, 7) is 2.25. The number of ether oxygens (including phenoxy) is 1. The highest BCUT2D eigenvalue weighted by Crippen LogP contribution is 2.42. The summed E-state index contributed by atoms with van der Waals surface area (Å²) in [5, 5.41) is 9.66. The lowest BCUT2D eigenvalue weighted by Gasteiger charge is -2.35. The Morgan fingerprint density at radius 2 is 2.10 bits per heavy atom. The van der Waals surface area contributed by atoms with E-state index in [1.807, 2.05) is 12.1 Å². The van der Waals surface area contributed by atoms with Crippen LogP contribution in [-0.2, 0) is 6.42 Å². The molecule has 0 N–H and O–H groups in total. The van der Waals surface area contributed by atoms with Crippen molar-refractivity contribution in [1.29, 1.82) is 5.26 Å². The molecule has 0 saturated heterocycles. The molecule has 20 heavy (non-hydrogen) atoms. The minimum Gasteiger partial charge on any atom is -0.497 e. The predicted octanol–water partition coefficient (Wildman–Crippen LogP) is 4.74. The van der Waals surface area contributed by atoms with E-state index in [4.69, 9.17) is 4.74 Å². The SMILES string of the molecule is CCCC1CCC(C#N)(Cc2cccc(OC)c2)CC1. The van der Waals surface area contributed by atoms with Gasteiger partial charge < -0.3 is 4.74 Å². The van der Waals surface area contributed by atoms with Gasteiger partial charge in [0.15, 0.2) is 0 Å². The average Bonchev–Trinajstić information content (AvgIpc) is 2.50. The molecule has 0 unspecified atom stereocenters. The van der Waals surface area contributed by atoms with Crippen LogP contribution >= 0.6 is 0 Å². The molecule has 0 aromatic heterocycles. The largest absolute Gasteiger partial charge is 0.497 e. The zero-order valence-corrected chi connectivity index (χ0v) is 12.7. The van der Waals surface area contributed by atoms with Gasteiger partial charge in [0, 0.05) is 0 Å². The van der Waals surface area contributed by atoms with Crippen molar-refractivity contribution >= 4 is 0 Å². The Labute approximate surface area is 122 Å². The smallest absolute Gasteiger partial charge is 0.119 e. The van der Waals surface area contributed by atoms with Gasteiger partial charge in [-0.25, -0.2) is 0 Å². The van der Waals surface area contributed by atoms with Gasteiger partial charge in [0.2, 0.25) is 0 Å². The molecule has 0 heterocycles.